The second-order valence-corrected chi connectivity index (χ2v) is 4.34. The first-order valence-corrected chi connectivity index (χ1v) is 6.21. The molecule has 0 saturated heterocycles. The van der Waals surface area contributed by atoms with Crippen molar-refractivity contribution in [2.75, 3.05) is 14.2 Å². The molecule has 106 valence electrons. The van der Waals surface area contributed by atoms with Crippen molar-refractivity contribution < 1.29 is 19.1 Å². The lowest BCUT2D eigenvalue weighted by molar-refractivity contribution is -0.158. The van der Waals surface area contributed by atoms with Gasteiger partial charge >= 0.3 is 11.9 Å². The van der Waals surface area contributed by atoms with Crippen molar-refractivity contribution in [3.63, 3.8) is 0 Å². The summed E-state index contributed by atoms with van der Waals surface area (Å²) >= 11 is 6.14. The van der Waals surface area contributed by atoms with Crippen molar-refractivity contribution in [1.82, 2.24) is 9.78 Å². The molecule has 0 radical (unpaired) electrons. The summed E-state index contributed by atoms with van der Waals surface area (Å²) in [5, 5.41) is 4.69. The van der Waals surface area contributed by atoms with Gasteiger partial charge in [-0.2, -0.15) is 5.10 Å². The number of aryl methyl sites for hydroxylation is 2. The van der Waals surface area contributed by atoms with Gasteiger partial charge in [0.1, 0.15) is 0 Å². The standard InChI is InChI=1S/C12H17ClN2O4/c1-5-15-9(10(13)7(2)14-15)6-8(11(16)18-3)12(17)19-4/h8H,5-6H2,1-4H3. The summed E-state index contributed by atoms with van der Waals surface area (Å²) in [6, 6.07) is 0. The highest BCUT2D eigenvalue weighted by molar-refractivity contribution is 6.31. The molecule has 0 aliphatic heterocycles. The van der Waals surface area contributed by atoms with Gasteiger partial charge in [0.2, 0.25) is 0 Å². The Bertz CT molecular complexity index is 468. The highest BCUT2D eigenvalue weighted by Crippen LogP contribution is 2.24. The third-order valence-electron chi connectivity index (χ3n) is 2.82. The fourth-order valence-corrected chi connectivity index (χ4v) is 2.02. The van der Waals surface area contributed by atoms with E-state index in [1.165, 1.54) is 14.2 Å². The Kier molecular flexibility index (Phi) is 5.35. The van der Waals surface area contributed by atoms with Crippen LogP contribution in [-0.2, 0) is 32.0 Å². The topological polar surface area (TPSA) is 70.4 Å². The maximum atomic E-state index is 11.6. The number of nitrogens with zero attached hydrogens (tertiary/aromatic N) is 2. The van der Waals surface area contributed by atoms with E-state index in [-0.39, 0.29) is 6.42 Å². The number of methoxy groups -OCH3 is 2. The van der Waals surface area contributed by atoms with Gasteiger partial charge in [0.15, 0.2) is 5.92 Å². The van der Waals surface area contributed by atoms with Gasteiger partial charge < -0.3 is 9.47 Å². The molecule has 0 atom stereocenters. The molecular weight excluding hydrogens is 272 g/mol. The lowest BCUT2D eigenvalue weighted by Gasteiger charge is -2.13. The van der Waals surface area contributed by atoms with Crippen LogP contribution in [0.4, 0.5) is 0 Å². The van der Waals surface area contributed by atoms with Crippen LogP contribution in [0, 0.1) is 12.8 Å². The van der Waals surface area contributed by atoms with E-state index in [4.69, 9.17) is 11.6 Å². The SMILES string of the molecule is CCn1nc(C)c(Cl)c1CC(C(=O)OC)C(=O)OC. The highest BCUT2D eigenvalue weighted by Gasteiger charge is 2.31. The molecule has 7 heteroatoms. The molecule has 0 N–H and O–H groups in total. The van der Waals surface area contributed by atoms with E-state index in [1.807, 2.05) is 6.92 Å². The fourth-order valence-electron chi connectivity index (χ4n) is 1.80. The summed E-state index contributed by atoms with van der Waals surface area (Å²) in [4.78, 5) is 23.3. The third-order valence-corrected chi connectivity index (χ3v) is 3.31. The summed E-state index contributed by atoms with van der Waals surface area (Å²) in [6.07, 6.45) is 0.104. The first-order valence-electron chi connectivity index (χ1n) is 5.83. The molecule has 1 aromatic rings. The molecule has 0 aliphatic carbocycles. The number of ether oxygens (including phenoxy) is 2. The van der Waals surface area contributed by atoms with Gasteiger partial charge in [0.05, 0.1) is 30.6 Å². The van der Waals surface area contributed by atoms with Crippen molar-refractivity contribution >= 4 is 23.5 Å². The van der Waals surface area contributed by atoms with E-state index in [0.29, 0.717) is 23.0 Å². The van der Waals surface area contributed by atoms with Crippen LogP contribution in [0.3, 0.4) is 0 Å². The molecule has 0 aromatic carbocycles. The van der Waals surface area contributed by atoms with Crippen LogP contribution in [0.5, 0.6) is 0 Å². The number of esters is 2. The Labute approximate surface area is 116 Å². The lowest BCUT2D eigenvalue weighted by atomic mass is 10.0. The number of carbonyl (C=O) groups excluding carboxylic acids is 2. The molecule has 0 unspecified atom stereocenters. The molecule has 1 rings (SSSR count). The number of carbonyl (C=O) groups is 2. The predicted octanol–water partition coefficient (Wildman–Crippen LogP) is 1.37. The molecule has 0 amide bonds. The van der Waals surface area contributed by atoms with Crippen molar-refractivity contribution in [2.45, 2.75) is 26.8 Å². The Balaban J connectivity index is 3.09. The van der Waals surface area contributed by atoms with Gasteiger partial charge in [0.25, 0.3) is 0 Å². The summed E-state index contributed by atoms with van der Waals surface area (Å²) in [6.45, 7) is 4.26. The lowest BCUT2D eigenvalue weighted by Crippen LogP contribution is -2.29. The maximum absolute atomic E-state index is 11.6. The number of hydrogen-bond donors (Lipinski definition) is 0. The number of aromatic nitrogens is 2. The van der Waals surface area contributed by atoms with E-state index in [0.717, 1.165) is 0 Å². The molecule has 0 fully saturated rings. The molecule has 19 heavy (non-hydrogen) atoms. The van der Waals surface area contributed by atoms with E-state index in [9.17, 15) is 9.59 Å². The molecular formula is C12H17ClN2O4. The van der Waals surface area contributed by atoms with Gasteiger partial charge in [-0.25, -0.2) is 0 Å². The van der Waals surface area contributed by atoms with Crippen LogP contribution < -0.4 is 0 Å². The quantitative estimate of drug-likeness (QED) is 0.604. The van der Waals surface area contributed by atoms with E-state index >= 15 is 0 Å². The van der Waals surface area contributed by atoms with Crippen molar-refractivity contribution in [3.05, 3.63) is 16.4 Å². The van der Waals surface area contributed by atoms with Gasteiger partial charge in [-0.1, -0.05) is 11.6 Å². The summed E-state index contributed by atoms with van der Waals surface area (Å²) < 4.78 is 10.9. The van der Waals surface area contributed by atoms with Crippen LogP contribution in [0.1, 0.15) is 18.3 Å². The molecule has 0 saturated carbocycles. The van der Waals surface area contributed by atoms with Crippen LogP contribution in [0.15, 0.2) is 0 Å². The zero-order valence-corrected chi connectivity index (χ0v) is 12.2. The maximum Gasteiger partial charge on any atom is 0.320 e. The van der Waals surface area contributed by atoms with Crippen LogP contribution in [0.2, 0.25) is 5.02 Å². The molecule has 0 spiro atoms. The Hall–Kier alpha value is -1.56. The van der Waals surface area contributed by atoms with E-state index in [2.05, 4.69) is 14.6 Å². The van der Waals surface area contributed by atoms with Crippen LogP contribution in [0.25, 0.3) is 0 Å². The van der Waals surface area contributed by atoms with Crippen molar-refractivity contribution in [3.8, 4) is 0 Å². The average Bonchev–Trinajstić information content (AvgIpc) is 2.70. The Morgan fingerprint density at radius 1 is 1.32 bits per heavy atom. The molecule has 1 aromatic heterocycles. The zero-order chi connectivity index (χ0) is 14.6. The minimum absolute atomic E-state index is 0.104. The number of hydrogen-bond acceptors (Lipinski definition) is 5. The minimum atomic E-state index is -1.03. The Morgan fingerprint density at radius 3 is 2.26 bits per heavy atom. The monoisotopic (exact) mass is 288 g/mol. The van der Waals surface area contributed by atoms with Gasteiger partial charge in [0, 0.05) is 13.0 Å². The normalized spacial score (nSPS) is 10.6. The summed E-state index contributed by atoms with van der Waals surface area (Å²) in [5.41, 5.74) is 1.29. The minimum Gasteiger partial charge on any atom is -0.468 e. The van der Waals surface area contributed by atoms with E-state index < -0.39 is 17.9 Å². The van der Waals surface area contributed by atoms with Gasteiger partial charge in [-0.05, 0) is 13.8 Å². The average molecular weight is 289 g/mol. The number of rotatable bonds is 5. The van der Waals surface area contributed by atoms with Gasteiger partial charge in [-0.15, -0.1) is 0 Å². The molecule has 0 aliphatic rings. The van der Waals surface area contributed by atoms with Crippen LogP contribution in [-0.4, -0.2) is 35.9 Å². The fraction of sp³-hybridized carbons (Fsp3) is 0.583. The molecule has 0 bridgehead atoms. The summed E-state index contributed by atoms with van der Waals surface area (Å²) in [5.74, 6) is -2.33. The second-order valence-electron chi connectivity index (χ2n) is 3.96. The van der Waals surface area contributed by atoms with Crippen LogP contribution >= 0.6 is 11.6 Å². The molecule has 6 nitrogen and oxygen atoms in total. The summed E-state index contributed by atoms with van der Waals surface area (Å²) in [7, 11) is 2.45. The van der Waals surface area contributed by atoms with Gasteiger partial charge in [-0.3, -0.25) is 14.3 Å². The predicted molar refractivity (Wildman–Crippen MR) is 68.9 cm³/mol. The highest BCUT2D eigenvalue weighted by atomic mass is 35.5. The first kappa shape index (κ1) is 15.5. The first-order chi connectivity index (χ1) is 8.96. The zero-order valence-electron chi connectivity index (χ0n) is 11.4. The molecule has 1 heterocycles. The van der Waals surface area contributed by atoms with Crippen molar-refractivity contribution in [1.29, 1.82) is 0 Å². The third kappa shape index (κ3) is 3.26. The van der Waals surface area contributed by atoms with Crippen molar-refractivity contribution in [2.24, 2.45) is 5.92 Å². The number of halogens is 1. The largest absolute Gasteiger partial charge is 0.468 e. The Morgan fingerprint density at radius 2 is 1.84 bits per heavy atom. The second kappa shape index (κ2) is 6.56. The smallest absolute Gasteiger partial charge is 0.320 e. The van der Waals surface area contributed by atoms with E-state index in [1.54, 1.807) is 11.6 Å².